The van der Waals surface area contributed by atoms with Crippen LogP contribution in [0.25, 0.3) is 0 Å². The number of aromatic nitrogens is 1. The highest BCUT2D eigenvalue weighted by Gasteiger charge is 2.35. The highest BCUT2D eigenvalue weighted by atomic mass is 19.4. The zero-order valence-corrected chi connectivity index (χ0v) is 11.0. The van der Waals surface area contributed by atoms with Gasteiger partial charge in [0.25, 0.3) is 5.91 Å². The lowest BCUT2D eigenvalue weighted by molar-refractivity contribution is -0.143. The Morgan fingerprint density at radius 2 is 2.11 bits per heavy atom. The summed E-state index contributed by atoms with van der Waals surface area (Å²) in [7, 11) is 1.56. The van der Waals surface area contributed by atoms with Crippen LogP contribution >= 0.6 is 0 Å². The van der Waals surface area contributed by atoms with Crippen molar-refractivity contribution in [3.63, 3.8) is 0 Å². The normalized spacial score (nSPS) is 11.5. The number of hydrogen-bond donors (Lipinski definition) is 1. The summed E-state index contributed by atoms with van der Waals surface area (Å²) in [5, 5.41) is 2.69. The summed E-state index contributed by atoms with van der Waals surface area (Å²) in [6, 6.07) is 2.41. The van der Waals surface area contributed by atoms with Crippen LogP contribution < -0.4 is 5.32 Å². The molecule has 1 heterocycles. The fourth-order valence-corrected chi connectivity index (χ4v) is 1.61. The van der Waals surface area contributed by atoms with Crippen molar-refractivity contribution < 1.29 is 18.0 Å². The average Bonchev–Trinajstić information content (AvgIpc) is 2.33. The van der Waals surface area contributed by atoms with Crippen molar-refractivity contribution in [3.8, 4) is 0 Å². The Hall–Kier alpha value is -1.79. The predicted molar refractivity (Wildman–Crippen MR) is 66.0 cm³/mol. The van der Waals surface area contributed by atoms with Gasteiger partial charge in [0, 0.05) is 19.3 Å². The minimum atomic E-state index is -4.43. The number of carbonyl (C=O) groups is 1. The maximum absolute atomic E-state index is 12.5. The number of amides is 1. The van der Waals surface area contributed by atoms with Gasteiger partial charge in [0.2, 0.25) is 0 Å². The molecule has 0 fully saturated rings. The van der Waals surface area contributed by atoms with Crippen LogP contribution in [-0.4, -0.2) is 41.6 Å². The van der Waals surface area contributed by atoms with E-state index >= 15 is 0 Å². The molecule has 0 saturated heterocycles. The van der Waals surface area contributed by atoms with E-state index in [4.69, 9.17) is 0 Å². The summed E-state index contributed by atoms with van der Waals surface area (Å²) in [6.07, 6.45) is -2.96. The van der Waals surface area contributed by atoms with E-state index in [1.54, 1.807) is 20.9 Å². The van der Waals surface area contributed by atoms with Gasteiger partial charge in [-0.3, -0.25) is 4.79 Å². The van der Waals surface area contributed by atoms with Crippen molar-refractivity contribution in [1.82, 2.24) is 9.88 Å². The van der Waals surface area contributed by atoms with Gasteiger partial charge in [-0.25, -0.2) is 4.98 Å². The molecule has 0 aliphatic heterocycles. The molecule has 0 aliphatic rings. The molecule has 0 aliphatic carbocycles. The lowest BCUT2D eigenvalue weighted by atomic mass is 10.2. The molecule has 0 radical (unpaired) electrons. The van der Waals surface area contributed by atoms with E-state index in [1.165, 1.54) is 18.3 Å². The Morgan fingerprint density at radius 1 is 1.47 bits per heavy atom. The third-order valence-electron chi connectivity index (χ3n) is 2.51. The zero-order chi connectivity index (χ0) is 14.6. The Bertz CT molecular complexity index is 446. The molecule has 0 unspecified atom stereocenters. The standard InChI is InChI=1S/C12H16F3N3O/c1-8(2)18(7-12(13,14)15)11(19)9-5-4-6-17-10(9)16-3/h4-6,8H,7H2,1-3H3,(H,16,17). The molecule has 4 nitrogen and oxygen atoms in total. The lowest BCUT2D eigenvalue weighted by Crippen LogP contribution is -2.43. The molecule has 0 saturated carbocycles. The Morgan fingerprint density at radius 3 is 2.58 bits per heavy atom. The van der Waals surface area contributed by atoms with Crippen LogP contribution in [0.2, 0.25) is 0 Å². The summed E-state index contributed by atoms with van der Waals surface area (Å²) < 4.78 is 37.5. The molecule has 0 aromatic carbocycles. The number of hydrogen-bond acceptors (Lipinski definition) is 3. The van der Waals surface area contributed by atoms with Crippen LogP contribution in [0.4, 0.5) is 19.0 Å². The van der Waals surface area contributed by atoms with Crippen LogP contribution in [0.5, 0.6) is 0 Å². The minimum Gasteiger partial charge on any atom is -0.372 e. The fourth-order valence-electron chi connectivity index (χ4n) is 1.61. The number of pyridine rings is 1. The second-order valence-corrected chi connectivity index (χ2v) is 4.29. The first-order chi connectivity index (χ1) is 8.76. The van der Waals surface area contributed by atoms with Crippen molar-refractivity contribution in [3.05, 3.63) is 23.9 Å². The molecule has 0 spiro atoms. The quantitative estimate of drug-likeness (QED) is 0.918. The van der Waals surface area contributed by atoms with E-state index in [9.17, 15) is 18.0 Å². The van der Waals surface area contributed by atoms with Gasteiger partial charge in [-0.15, -0.1) is 0 Å². The van der Waals surface area contributed by atoms with Crippen LogP contribution in [0.3, 0.4) is 0 Å². The van der Waals surface area contributed by atoms with Gasteiger partial charge in [0.05, 0.1) is 5.56 Å². The molecule has 0 bridgehead atoms. The molecule has 19 heavy (non-hydrogen) atoms. The zero-order valence-electron chi connectivity index (χ0n) is 11.0. The second-order valence-electron chi connectivity index (χ2n) is 4.29. The van der Waals surface area contributed by atoms with Gasteiger partial charge in [-0.05, 0) is 26.0 Å². The number of nitrogens with one attached hydrogen (secondary N) is 1. The van der Waals surface area contributed by atoms with Gasteiger partial charge < -0.3 is 10.2 Å². The Labute approximate surface area is 109 Å². The SMILES string of the molecule is CNc1ncccc1C(=O)N(CC(F)(F)F)C(C)C. The first-order valence-corrected chi connectivity index (χ1v) is 5.76. The fraction of sp³-hybridized carbons (Fsp3) is 0.500. The van der Waals surface area contributed by atoms with Crippen molar-refractivity contribution in [1.29, 1.82) is 0 Å². The summed E-state index contributed by atoms with van der Waals surface area (Å²) >= 11 is 0. The van der Waals surface area contributed by atoms with Gasteiger partial charge >= 0.3 is 6.18 Å². The number of alkyl halides is 3. The molecule has 106 valence electrons. The van der Waals surface area contributed by atoms with Gasteiger partial charge in [0.1, 0.15) is 12.4 Å². The van der Waals surface area contributed by atoms with Crippen molar-refractivity contribution in [2.45, 2.75) is 26.1 Å². The molecule has 1 rings (SSSR count). The molecule has 0 atom stereocenters. The van der Waals surface area contributed by atoms with Crippen molar-refractivity contribution >= 4 is 11.7 Å². The number of carbonyl (C=O) groups excluding carboxylic acids is 1. The van der Waals surface area contributed by atoms with E-state index < -0.39 is 24.7 Å². The number of nitrogens with zero attached hydrogens (tertiary/aromatic N) is 2. The third-order valence-corrected chi connectivity index (χ3v) is 2.51. The highest BCUT2D eigenvalue weighted by molar-refractivity contribution is 5.98. The van der Waals surface area contributed by atoms with Crippen molar-refractivity contribution in [2.24, 2.45) is 0 Å². The third kappa shape index (κ3) is 4.11. The van der Waals surface area contributed by atoms with Gasteiger partial charge in [0.15, 0.2) is 0 Å². The van der Waals surface area contributed by atoms with Crippen molar-refractivity contribution in [2.75, 3.05) is 18.9 Å². The molecular formula is C12H16F3N3O. The van der Waals surface area contributed by atoms with E-state index in [-0.39, 0.29) is 11.4 Å². The molecule has 7 heteroatoms. The number of halogens is 3. The molecule has 1 N–H and O–H groups in total. The second kappa shape index (κ2) is 5.90. The number of rotatable bonds is 4. The molecule has 1 aromatic heterocycles. The van der Waals surface area contributed by atoms with E-state index in [0.29, 0.717) is 0 Å². The average molecular weight is 275 g/mol. The molecular weight excluding hydrogens is 259 g/mol. The van der Waals surface area contributed by atoms with Crippen LogP contribution in [0.1, 0.15) is 24.2 Å². The van der Waals surface area contributed by atoms with Gasteiger partial charge in [-0.1, -0.05) is 0 Å². The first kappa shape index (κ1) is 15.3. The van der Waals surface area contributed by atoms with Crippen LogP contribution in [0.15, 0.2) is 18.3 Å². The van der Waals surface area contributed by atoms with E-state index in [1.807, 2.05) is 0 Å². The summed E-state index contributed by atoms with van der Waals surface area (Å²) in [4.78, 5) is 16.9. The maximum atomic E-state index is 12.5. The van der Waals surface area contributed by atoms with Gasteiger partial charge in [-0.2, -0.15) is 13.2 Å². The largest absolute Gasteiger partial charge is 0.406 e. The first-order valence-electron chi connectivity index (χ1n) is 5.76. The van der Waals surface area contributed by atoms with Crippen LogP contribution in [0, 0.1) is 0 Å². The molecule has 1 amide bonds. The van der Waals surface area contributed by atoms with E-state index in [0.717, 1.165) is 4.90 Å². The smallest absolute Gasteiger partial charge is 0.372 e. The number of anilines is 1. The highest BCUT2D eigenvalue weighted by Crippen LogP contribution is 2.21. The Kier molecular flexibility index (Phi) is 4.74. The topological polar surface area (TPSA) is 45.2 Å². The lowest BCUT2D eigenvalue weighted by Gasteiger charge is -2.28. The van der Waals surface area contributed by atoms with Crippen LogP contribution in [-0.2, 0) is 0 Å². The molecule has 1 aromatic rings. The summed E-state index contributed by atoms with van der Waals surface area (Å²) in [5.74, 6) is -0.426. The predicted octanol–water partition coefficient (Wildman–Crippen LogP) is 2.54. The minimum absolute atomic E-state index is 0.128. The van der Waals surface area contributed by atoms with E-state index in [2.05, 4.69) is 10.3 Å². The Balaban J connectivity index is 3.06. The summed E-state index contributed by atoms with van der Waals surface area (Å²) in [5.41, 5.74) is 0.128. The monoisotopic (exact) mass is 275 g/mol. The maximum Gasteiger partial charge on any atom is 0.406 e. The summed E-state index contributed by atoms with van der Waals surface area (Å²) in [6.45, 7) is 1.81.